The summed E-state index contributed by atoms with van der Waals surface area (Å²) in [5.41, 5.74) is 2.71. The molecule has 0 aliphatic carbocycles. The molecule has 2 aliphatic heterocycles. The van der Waals surface area contributed by atoms with E-state index in [1.807, 2.05) is 19.9 Å². The van der Waals surface area contributed by atoms with Crippen LogP contribution in [0.15, 0.2) is 23.6 Å². The highest BCUT2D eigenvalue weighted by Gasteiger charge is 2.42. The molecular formula is C21H28N4O2S. The minimum Gasteiger partial charge on any atom is -0.370 e. The van der Waals surface area contributed by atoms with Crippen LogP contribution >= 0.6 is 11.3 Å². The molecule has 150 valence electrons. The van der Waals surface area contributed by atoms with Gasteiger partial charge in [-0.25, -0.2) is 4.98 Å². The maximum absolute atomic E-state index is 12.2. The van der Waals surface area contributed by atoms with E-state index in [0.29, 0.717) is 12.2 Å². The van der Waals surface area contributed by atoms with Gasteiger partial charge in [-0.15, -0.1) is 11.3 Å². The molecule has 4 heterocycles. The summed E-state index contributed by atoms with van der Waals surface area (Å²) in [6, 6.07) is 6.22. The second-order valence-electron chi connectivity index (χ2n) is 7.97. The van der Waals surface area contributed by atoms with Crippen LogP contribution in [-0.4, -0.2) is 52.1 Å². The lowest BCUT2D eigenvalue weighted by molar-refractivity contribution is -0.0765. The van der Waals surface area contributed by atoms with Crippen molar-refractivity contribution in [3.05, 3.63) is 45.7 Å². The number of aromatic nitrogens is 2. The zero-order chi connectivity index (χ0) is 19.6. The quantitative estimate of drug-likeness (QED) is 0.835. The SMILES string of the molecule is Cc1cccc(CN2CCC3(CC[C@H](CNC(=O)c4csc(C)n4)O3)CC2)n1. The average Bonchev–Trinajstić information content (AvgIpc) is 3.29. The number of hydrogen-bond donors (Lipinski definition) is 1. The molecule has 2 saturated heterocycles. The van der Waals surface area contributed by atoms with Crippen molar-refractivity contribution in [2.45, 2.75) is 57.8 Å². The molecule has 6 nitrogen and oxygen atoms in total. The molecule has 4 rings (SSSR count). The van der Waals surface area contributed by atoms with Crippen molar-refractivity contribution in [2.75, 3.05) is 19.6 Å². The van der Waals surface area contributed by atoms with Crippen LogP contribution in [0.5, 0.6) is 0 Å². The number of nitrogens with one attached hydrogen (secondary N) is 1. The molecule has 0 aromatic carbocycles. The lowest BCUT2D eigenvalue weighted by Gasteiger charge is -2.39. The van der Waals surface area contributed by atoms with Crippen molar-refractivity contribution >= 4 is 17.2 Å². The van der Waals surface area contributed by atoms with Crippen LogP contribution in [0.25, 0.3) is 0 Å². The second kappa shape index (κ2) is 8.27. The molecule has 1 spiro atoms. The second-order valence-corrected chi connectivity index (χ2v) is 9.03. The van der Waals surface area contributed by atoms with Crippen molar-refractivity contribution in [3.8, 4) is 0 Å². The van der Waals surface area contributed by atoms with Gasteiger partial charge in [-0.1, -0.05) is 6.07 Å². The molecule has 1 N–H and O–H groups in total. The molecule has 1 amide bonds. The van der Waals surface area contributed by atoms with Gasteiger partial charge in [0, 0.05) is 37.3 Å². The van der Waals surface area contributed by atoms with E-state index >= 15 is 0 Å². The van der Waals surface area contributed by atoms with Crippen LogP contribution in [0.1, 0.15) is 52.6 Å². The fourth-order valence-corrected chi connectivity index (χ4v) is 4.80. The van der Waals surface area contributed by atoms with E-state index in [4.69, 9.17) is 4.74 Å². The highest BCUT2D eigenvalue weighted by atomic mass is 32.1. The molecule has 2 aliphatic rings. The van der Waals surface area contributed by atoms with Crippen molar-refractivity contribution in [1.82, 2.24) is 20.2 Å². The number of aryl methyl sites for hydroxylation is 2. The molecule has 0 bridgehead atoms. The van der Waals surface area contributed by atoms with E-state index < -0.39 is 0 Å². The van der Waals surface area contributed by atoms with Gasteiger partial charge in [-0.05, 0) is 51.7 Å². The van der Waals surface area contributed by atoms with Gasteiger partial charge in [-0.2, -0.15) is 0 Å². The third-order valence-electron chi connectivity index (χ3n) is 5.78. The maximum Gasteiger partial charge on any atom is 0.270 e. The zero-order valence-corrected chi connectivity index (χ0v) is 17.4. The Balaban J connectivity index is 1.23. The number of carbonyl (C=O) groups excluding carboxylic acids is 1. The van der Waals surface area contributed by atoms with E-state index in [9.17, 15) is 4.79 Å². The molecule has 0 saturated carbocycles. The van der Waals surface area contributed by atoms with Crippen molar-refractivity contribution in [2.24, 2.45) is 0 Å². The highest BCUT2D eigenvalue weighted by Crippen LogP contribution is 2.39. The Morgan fingerprint density at radius 2 is 2.11 bits per heavy atom. The molecule has 28 heavy (non-hydrogen) atoms. The Kier molecular flexibility index (Phi) is 5.75. The first-order chi connectivity index (χ1) is 13.5. The normalized spacial score (nSPS) is 21.9. The summed E-state index contributed by atoms with van der Waals surface area (Å²) in [7, 11) is 0. The molecule has 2 fully saturated rings. The number of rotatable bonds is 5. The lowest BCUT2D eigenvalue weighted by atomic mass is 9.88. The van der Waals surface area contributed by atoms with E-state index in [0.717, 1.165) is 61.7 Å². The summed E-state index contributed by atoms with van der Waals surface area (Å²) in [6.45, 7) is 7.49. The van der Waals surface area contributed by atoms with Gasteiger partial charge in [0.15, 0.2) is 0 Å². The molecular weight excluding hydrogens is 372 g/mol. The van der Waals surface area contributed by atoms with Crippen LogP contribution < -0.4 is 5.32 Å². The summed E-state index contributed by atoms with van der Waals surface area (Å²) in [5, 5.41) is 5.70. The molecule has 2 aromatic heterocycles. The Labute approximate surface area is 170 Å². The minimum atomic E-state index is -0.102. The maximum atomic E-state index is 12.2. The number of ether oxygens (including phenoxy) is 1. The van der Waals surface area contributed by atoms with Gasteiger partial charge in [0.1, 0.15) is 5.69 Å². The molecule has 1 atom stereocenters. The summed E-state index contributed by atoms with van der Waals surface area (Å²) < 4.78 is 6.42. The third kappa shape index (κ3) is 4.59. The number of carbonyl (C=O) groups is 1. The summed E-state index contributed by atoms with van der Waals surface area (Å²) >= 11 is 1.50. The summed E-state index contributed by atoms with van der Waals surface area (Å²) in [6.07, 6.45) is 4.30. The van der Waals surface area contributed by atoms with Crippen LogP contribution in [0, 0.1) is 13.8 Å². The smallest absolute Gasteiger partial charge is 0.270 e. The first-order valence-corrected chi connectivity index (χ1v) is 10.9. The molecule has 7 heteroatoms. The van der Waals surface area contributed by atoms with Crippen LogP contribution in [0.4, 0.5) is 0 Å². The summed E-state index contributed by atoms with van der Waals surface area (Å²) in [5.74, 6) is -0.102. The van der Waals surface area contributed by atoms with Crippen molar-refractivity contribution in [1.29, 1.82) is 0 Å². The first kappa shape index (κ1) is 19.5. The minimum absolute atomic E-state index is 0.0108. The Morgan fingerprint density at radius 3 is 2.82 bits per heavy atom. The van der Waals surface area contributed by atoms with E-state index in [1.165, 1.54) is 11.3 Å². The number of amides is 1. The number of hydrogen-bond acceptors (Lipinski definition) is 6. The monoisotopic (exact) mass is 400 g/mol. The Hall–Kier alpha value is -1.83. The molecule has 2 aromatic rings. The Morgan fingerprint density at radius 1 is 1.29 bits per heavy atom. The fraction of sp³-hybridized carbons (Fsp3) is 0.571. The number of thiazole rings is 1. The number of likely N-dealkylation sites (tertiary alicyclic amines) is 1. The topological polar surface area (TPSA) is 67.4 Å². The van der Waals surface area contributed by atoms with E-state index in [-0.39, 0.29) is 17.6 Å². The number of nitrogens with zero attached hydrogens (tertiary/aromatic N) is 3. The van der Waals surface area contributed by atoms with E-state index in [2.05, 4.69) is 32.3 Å². The molecule has 0 unspecified atom stereocenters. The Bertz CT molecular complexity index is 829. The predicted molar refractivity (Wildman–Crippen MR) is 110 cm³/mol. The standard InChI is InChI=1S/C21H28N4O2S/c1-15-4-3-5-17(23-15)13-25-10-8-21(9-11-25)7-6-18(27-21)12-22-20(26)19-14-28-16(2)24-19/h3-5,14,18H,6-13H2,1-2H3,(H,22,26)/t18-/m1/s1. The highest BCUT2D eigenvalue weighted by molar-refractivity contribution is 7.09. The molecule has 0 radical (unpaired) electrons. The van der Waals surface area contributed by atoms with Gasteiger partial charge in [0.25, 0.3) is 5.91 Å². The van der Waals surface area contributed by atoms with Crippen molar-refractivity contribution in [3.63, 3.8) is 0 Å². The van der Waals surface area contributed by atoms with Gasteiger partial charge in [0.2, 0.25) is 0 Å². The van der Waals surface area contributed by atoms with Crippen molar-refractivity contribution < 1.29 is 9.53 Å². The number of piperidine rings is 1. The van der Waals surface area contributed by atoms with Gasteiger partial charge in [-0.3, -0.25) is 14.7 Å². The average molecular weight is 401 g/mol. The van der Waals surface area contributed by atoms with Gasteiger partial charge >= 0.3 is 0 Å². The lowest BCUT2D eigenvalue weighted by Crippen LogP contribution is -2.45. The van der Waals surface area contributed by atoms with Gasteiger partial charge < -0.3 is 10.1 Å². The van der Waals surface area contributed by atoms with E-state index in [1.54, 1.807) is 5.38 Å². The largest absolute Gasteiger partial charge is 0.370 e. The zero-order valence-electron chi connectivity index (χ0n) is 16.6. The fourth-order valence-electron chi connectivity index (χ4n) is 4.21. The van der Waals surface area contributed by atoms with Crippen LogP contribution in [0.2, 0.25) is 0 Å². The van der Waals surface area contributed by atoms with Crippen LogP contribution in [0.3, 0.4) is 0 Å². The third-order valence-corrected chi connectivity index (χ3v) is 6.55. The van der Waals surface area contributed by atoms with Crippen LogP contribution in [-0.2, 0) is 11.3 Å². The summed E-state index contributed by atoms with van der Waals surface area (Å²) in [4.78, 5) is 23.5. The predicted octanol–water partition coefficient (Wildman–Crippen LogP) is 3.10. The van der Waals surface area contributed by atoms with Gasteiger partial charge in [0.05, 0.1) is 22.4 Å². The number of pyridine rings is 1. The first-order valence-electron chi connectivity index (χ1n) is 10.0.